The fourth-order valence-corrected chi connectivity index (χ4v) is 3.22. The molecule has 2 aromatic carbocycles. The van der Waals surface area contributed by atoms with Gasteiger partial charge in [-0.15, -0.1) is 0 Å². The van der Waals surface area contributed by atoms with Crippen LogP contribution in [0.2, 0.25) is 0 Å². The number of benzene rings is 2. The number of methoxy groups -OCH3 is 1. The van der Waals surface area contributed by atoms with Crippen molar-refractivity contribution in [1.82, 2.24) is 9.97 Å². The van der Waals surface area contributed by atoms with E-state index in [-0.39, 0.29) is 11.3 Å². The number of nitrogens with one attached hydrogen (secondary N) is 1. The molecule has 0 aliphatic carbocycles. The number of esters is 1. The molecule has 0 saturated heterocycles. The number of carbonyl (C=O) groups is 2. The Labute approximate surface area is 162 Å². The molecule has 140 valence electrons. The van der Waals surface area contributed by atoms with Gasteiger partial charge in [0.25, 0.3) is 5.91 Å². The molecule has 2 heterocycles. The third-order valence-corrected chi connectivity index (χ3v) is 4.62. The Balaban J connectivity index is 1.52. The van der Waals surface area contributed by atoms with Crippen molar-refractivity contribution in [3.63, 3.8) is 0 Å². The van der Waals surface area contributed by atoms with E-state index >= 15 is 0 Å². The summed E-state index contributed by atoms with van der Waals surface area (Å²) in [5.41, 5.74) is 3.18. The molecule has 0 fully saturated rings. The molecule has 1 aliphatic heterocycles. The third-order valence-electron chi connectivity index (χ3n) is 4.62. The second-order valence-corrected chi connectivity index (χ2v) is 6.28. The average molecular weight is 374 g/mol. The standard InChI is InChI=1S/C21H18N4O3/c1-28-21(27)15-7-3-4-8-16(15)24-20(26)17-12-23-19(13-22-17)25-11-10-14-6-2-5-9-18(14)25/h2-9,12-13H,10-11H2,1H3,(H,24,26). The molecule has 0 saturated carbocycles. The van der Waals surface area contributed by atoms with E-state index in [1.807, 2.05) is 18.2 Å². The first-order valence-corrected chi connectivity index (χ1v) is 8.83. The molecule has 0 atom stereocenters. The Kier molecular flexibility index (Phi) is 4.72. The van der Waals surface area contributed by atoms with E-state index in [4.69, 9.17) is 4.74 Å². The number of rotatable bonds is 4. The normalized spacial score (nSPS) is 12.4. The molecular weight excluding hydrogens is 356 g/mol. The predicted molar refractivity (Wildman–Crippen MR) is 105 cm³/mol. The zero-order valence-electron chi connectivity index (χ0n) is 15.3. The topological polar surface area (TPSA) is 84.4 Å². The number of nitrogens with zero attached hydrogens (tertiary/aromatic N) is 3. The molecule has 0 bridgehead atoms. The number of ether oxygens (including phenoxy) is 1. The van der Waals surface area contributed by atoms with Crippen LogP contribution in [0.1, 0.15) is 26.4 Å². The molecular formula is C21H18N4O3. The van der Waals surface area contributed by atoms with Gasteiger partial charge in [-0.3, -0.25) is 4.79 Å². The lowest BCUT2D eigenvalue weighted by atomic mass is 10.1. The van der Waals surface area contributed by atoms with Crippen LogP contribution in [0.15, 0.2) is 60.9 Å². The third kappa shape index (κ3) is 3.29. The summed E-state index contributed by atoms with van der Waals surface area (Å²) in [4.78, 5) is 35.1. The van der Waals surface area contributed by atoms with Crippen molar-refractivity contribution in [1.29, 1.82) is 0 Å². The summed E-state index contributed by atoms with van der Waals surface area (Å²) in [6, 6.07) is 14.8. The molecule has 28 heavy (non-hydrogen) atoms. The van der Waals surface area contributed by atoms with Crippen LogP contribution in [-0.2, 0) is 11.2 Å². The first kappa shape index (κ1) is 17.7. The Morgan fingerprint density at radius 1 is 1.04 bits per heavy atom. The lowest BCUT2D eigenvalue weighted by molar-refractivity contribution is 0.0602. The van der Waals surface area contributed by atoms with Gasteiger partial charge in [0.15, 0.2) is 5.82 Å². The molecule has 0 spiro atoms. The van der Waals surface area contributed by atoms with Crippen molar-refractivity contribution < 1.29 is 14.3 Å². The molecule has 0 unspecified atom stereocenters. The largest absolute Gasteiger partial charge is 0.465 e. The van der Waals surface area contributed by atoms with Crippen molar-refractivity contribution in [2.75, 3.05) is 23.9 Å². The quantitative estimate of drug-likeness (QED) is 0.706. The minimum absolute atomic E-state index is 0.163. The Hall–Kier alpha value is -3.74. The molecule has 1 aliphatic rings. The van der Waals surface area contributed by atoms with E-state index in [0.717, 1.165) is 18.7 Å². The van der Waals surface area contributed by atoms with Crippen molar-refractivity contribution in [2.45, 2.75) is 6.42 Å². The summed E-state index contributed by atoms with van der Waals surface area (Å²) in [5.74, 6) is -0.279. The van der Waals surface area contributed by atoms with Gasteiger partial charge in [0, 0.05) is 12.2 Å². The van der Waals surface area contributed by atoms with E-state index in [1.165, 1.54) is 18.9 Å². The van der Waals surface area contributed by atoms with E-state index in [0.29, 0.717) is 11.5 Å². The molecule has 1 amide bonds. The maximum Gasteiger partial charge on any atom is 0.339 e. The van der Waals surface area contributed by atoms with Crippen LogP contribution >= 0.6 is 0 Å². The highest BCUT2D eigenvalue weighted by molar-refractivity contribution is 6.07. The molecule has 1 N–H and O–H groups in total. The van der Waals surface area contributed by atoms with Crippen LogP contribution in [0.25, 0.3) is 0 Å². The SMILES string of the molecule is COC(=O)c1ccccc1NC(=O)c1cnc(N2CCc3ccccc32)cn1. The average Bonchev–Trinajstić information content (AvgIpc) is 3.18. The lowest BCUT2D eigenvalue weighted by Crippen LogP contribution is -2.19. The van der Waals surface area contributed by atoms with E-state index < -0.39 is 11.9 Å². The number of aromatic nitrogens is 2. The maximum atomic E-state index is 12.5. The van der Waals surface area contributed by atoms with E-state index in [1.54, 1.807) is 30.5 Å². The van der Waals surface area contributed by atoms with E-state index in [9.17, 15) is 9.59 Å². The summed E-state index contributed by atoms with van der Waals surface area (Å²) in [6.45, 7) is 0.825. The fourth-order valence-electron chi connectivity index (χ4n) is 3.22. The molecule has 3 aromatic rings. The van der Waals surface area contributed by atoms with Gasteiger partial charge in [-0.05, 0) is 30.2 Å². The number of fused-ring (bicyclic) bond motifs is 1. The van der Waals surface area contributed by atoms with Gasteiger partial charge < -0.3 is 15.0 Å². The van der Waals surface area contributed by atoms with Gasteiger partial charge in [-0.2, -0.15) is 0 Å². The van der Waals surface area contributed by atoms with E-state index in [2.05, 4.69) is 26.3 Å². The first-order valence-electron chi connectivity index (χ1n) is 8.83. The van der Waals surface area contributed by atoms with Crippen molar-refractivity contribution >= 4 is 29.1 Å². The van der Waals surface area contributed by atoms with Gasteiger partial charge >= 0.3 is 5.97 Å². The van der Waals surface area contributed by atoms with Crippen LogP contribution in [0.4, 0.5) is 17.2 Å². The minimum atomic E-state index is -0.523. The van der Waals surface area contributed by atoms with Crippen molar-refractivity contribution in [2.24, 2.45) is 0 Å². The zero-order valence-corrected chi connectivity index (χ0v) is 15.3. The smallest absolute Gasteiger partial charge is 0.339 e. The number of amides is 1. The van der Waals surface area contributed by atoms with Crippen molar-refractivity contribution in [3.05, 3.63) is 77.7 Å². The summed E-state index contributed by atoms with van der Waals surface area (Å²) in [6.07, 6.45) is 3.97. The highest BCUT2D eigenvalue weighted by atomic mass is 16.5. The zero-order chi connectivity index (χ0) is 19.5. The van der Waals surface area contributed by atoms with Crippen LogP contribution in [0.5, 0.6) is 0 Å². The first-order chi connectivity index (χ1) is 13.7. The van der Waals surface area contributed by atoms with Crippen LogP contribution in [0.3, 0.4) is 0 Å². The lowest BCUT2D eigenvalue weighted by Gasteiger charge is -2.17. The minimum Gasteiger partial charge on any atom is -0.465 e. The molecule has 7 nitrogen and oxygen atoms in total. The predicted octanol–water partition coefficient (Wildman–Crippen LogP) is 3.21. The Morgan fingerprint density at radius 2 is 1.82 bits per heavy atom. The molecule has 1 aromatic heterocycles. The number of hydrogen-bond donors (Lipinski definition) is 1. The second-order valence-electron chi connectivity index (χ2n) is 6.28. The van der Waals surface area contributed by atoms with Crippen molar-refractivity contribution in [3.8, 4) is 0 Å². The van der Waals surface area contributed by atoms with Gasteiger partial charge in [0.2, 0.25) is 0 Å². The Bertz CT molecular complexity index is 1030. The highest BCUT2D eigenvalue weighted by Gasteiger charge is 2.21. The monoisotopic (exact) mass is 374 g/mol. The van der Waals surface area contributed by atoms with Gasteiger partial charge in [-0.1, -0.05) is 30.3 Å². The van der Waals surface area contributed by atoms with Gasteiger partial charge in [-0.25, -0.2) is 14.8 Å². The molecule has 4 rings (SSSR count). The molecule has 0 radical (unpaired) electrons. The summed E-state index contributed by atoms with van der Waals surface area (Å²) < 4.78 is 4.74. The number of hydrogen-bond acceptors (Lipinski definition) is 6. The second kappa shape index (κ2) is 7.48. The summed E-state index contributed by atoms with van der Waals surface area (Å²) in [7, 11) is 1.29. The summed E-state index contributed by atoms with van der Waals surface area (Å²) >= 11 is 0. The van der Waals surface area contributed by atoms with Gasteiger partial charge in [0.1, 0.15) is 5.69 Å². The van der Waals surface area contributed by atoms with Crippen LogP contribution < -0.4 is 10.2 Å². The highest BCUT2D eigenvalue weighted by Crippen LogP contribution is 2.32. The van der Waals surface area contributed by atoms with Crippen LogP contribution in [-0.4, -0.2) is 35.5 Å². The molecule has 7 heteroatoms. The fraction of sp³-hybridized carbons (Fsp3) is 0.143. The number of anilines is 3. The number of carbonyl (C=O) groups excluding carboxylic acids is 2. The maximum absolute atomic E-state index is 12.5. The van der Waals surface area contributed by atoms with Gasteiger partial charge in [0.05, 0.1) is 30.8 Å². The van der Waals surface area contributed by atoms with Crippen LogP contribution in [0, 0.1) is 0 Å². The summed E-state index contributed by atoms with van der Waals surface area (Å²) in [5, 5.41) is 2.69. The Morgan fingerprint density at radius 3 is 2.61 bits per heavy atom. The number of para-hydroxylation sites is 2.